The number of halogens is 1. The Kier molecular flexibility index (Phi) is 8.27. The van der Waals surface area contributed by atoms with Crippen LogP contribution in [0.5, 0.6) is 5.75 Å². The van der Waals surface area contributed by atoms with Crippen LogP contribution in [0, 0.1) is 0 Å². The molecule has 1 saturated heterocycles. The maximum Gasteiger partial charge on any atom is 0.266 e. The Balaban J connectivity index is 1.43. The molecule has 0 N–H and O–H groups in total. The molecule has 0 bridgehead atoms. The van der Waals surface area contributed by atoms with E-state index in [2.05, 4.69) is 6.92 Å². The zero-order valence-electron chi connectivity index (χ0n) is 20.8. The summed E-state index contributed by atoms with van der Waals surface area (Å²) in [5.74, 6) is 0.711. The first-order valence-corrected chi connectivity index (χ1v) is 14.0. The minimum atomic E-state index is -0.0437. The predicted molar refractivity (Wildman–Crippen MR) is 160 cm³/mol. The fraction of sp³-hybridized carbons (Fsp3) is 0.167. The van der Waals surface area contributed by atoms with E-state index in [1.165, 1.54) is 11.8 Å². The standard InChI is InChI=1S/C30H26ClN3O2S2/c1-2-3-17-33-29(35)27(38-30(33)37)18-23-19-34(25-7-5-4-6-8-25)32-28(23)22-11-15-26(16-12-22)36-20-21-9-13-24(31)14-10-21/h4-16,18-19H,2-3,17,20H2,1H3. The van der Waals surface area contributed by atoms with Crippen molar-refractivity contribution in [2.45, 2.75) is 26.4 Å². The number of aromatic nitrogens is 2. The largest absolute Gasteiger partial charge is 0.489 e. The van der Waals surface area contributed by atoms with E-state index < -0.39 is 0 Å². The number of hydrogen-bond acceptors (Lipinski definition) is 5. The number of unbranched alkanes of at least 4 members (excludes halogenated alkanes) is 1. The first-order chi connectivity index (χ1) is 18.5. The van der Waals surface area contributed by atoms with Gasteiger partial charge < -0.3 is 4.74 Å². The second-order valence-corrected chi connectivity index (χ2v) is 11.0. The topological polar surface area (TPSA) is 47.4 Å². The number of nitrogens with zero attached hydrogens (tertiary/aromatic N) is 3. The third-order valence-corrected chi connectivity index (χ3v) is 7.74. The second kappa shape index (κ2) is 12.0. The molecule has 3 aromatic carbocycles. The van der Waals surface area contributed by atoms with Crippen molar-refractivity contribution in [1.82, 2.24) is 14.7 Å². The van der Waals surface area contributed by atoms with Crippen LogP contribution in [0.15, 0.2) is 90.0 Å². The van der Waals surface area contributed by atoms with Gasteiger partial charge in [-0.15, -0.1) is 0 Å². The van der Waals surface area contributed by atoms with E-state index in [1.54, 1.807) is 4.90 Å². The SMILES string of the molecule is CCCCN1C(=O)C(=Cc2cn(-c3ccccc3)nc2-c2ccc(OCc3ccc(Cl)cc3)cc2)SC1=S. The van der Waals surface area contributed by atoms with Crippen molar-refractivity contribution in [2.24, 2.45) is 0 Å². The number of para-hydroxylation sites is 1. The van der Waals surface area contributed by atoms with E-state index in [0.717, 1.165) is 46.7 Å². The number of hydrogen-bond donors (Lipinski definition) is 0. The Labute approximate surface area is 237 Å². The van der Waals surface area contributed by atoms with E-state index in [0.29, 0.717) is 27.4 Å². The minimum absolute atomic E-state index is 0.0437. The van der Waals surface area contributed by atoms with Gasteiger partial charge in [0.15, 0.2) is 0 Å². The van der Waals surface area contributed by atoms with Gasteiger partial charge in [0, 0.05) is 28.9 Å². The van der Waals surface area contributed by atoms with Gasteiger partial charge in [-0.2, -0.15) is 5.10 Å². The van der Waals surface area contributed by atoms with Gasteiger partial charge >= 0.3 is 0 Å². The molecule has 1 aliphatic rings. The normalized spacial score (nSPS) is 14.5. The molecule has 0 spiro atoms. The molecule has 192 valence electrons. The van der Waals surface area contributed by atoms with Crippen LogP contribution in [0.25, 0.3) is 23.0 Å². The lowest BCUT2D eigenvalue weighted by molar-refractivity contribution is -0.122. The number of thioether (sulfide) groups is 1. The summed E-state index contributed by atoms with van der Waals surface area (Å²) in [6, 6.07) is 25.4. The van der Waals surface area contributed by atoms with Gasteiger partial charge in [-0.25, -0.2) is 4.68 Å². The average Bonchev–Trinajstić information content (AvgIpc) is 3.48. The zero-order valence-corrected chi connectivity index (χ0v) is 23.2. The summed E-state index contributed by atoms with van der Waals surface area (Å²) in [6.45, 7) is 3.20. The molecular formula is C30H26ClN3O2S2. The fourth-order valence-corrected chi connectivity index (χ4v) is 5.46. The predicted octanol–water partition coefficient (Wildman–Crippen LogP) is 7.77. The molecule has 0 aliphatic carbocycles. The average molecular weight is 560 g/mol. The van der Waals surface area contributed by atoms with E-state index in [9.17, 15) is 4.79 Å². The Bertz CT molecular complexity index is 1470. The number of carbonyl (C=O) groups excluding carboxylic acids is 1. The second-order valence-electron chi connectivity index (χ2n) is 8.84. The Morgan fingerprint density at radius 2 is 1.76 bits per heavy atom. The quantitative estimate of drug-likeness (QED) is 0.155. The van der Waals surface area contributed by atoms with Crippen LogP contribution in [0.4, 0.5) is 0 Å². The van der Waals surface area contributed by atoms with Crippen LogP contribution in [0.3, 0.4) is 0 Å². The summed E-state index contributed by atoms with van der Waals surface area (Å²) < 4.78 is 8.40. The van der Waals surface area contributed by atoms with Crippen molar-refractivity contribution in [3.05, 3.63) is 106 Å². The van der Waals surface area contributed by atoms with Crippen LogP contribution < -0.4 is 4.74 Å². The third-order valence-electron chi connectivity index (χ3n) is 6.11. The van der Waals surface area contributed by atoms with Gasteiger partial charge in [-0.05, 0) is 66.6 Å². The van der Waals surface area contributed by atoms with Gasteiger partial charge in [0.2, 0.25) is 0 Å². The van der Waals surface area contributed by atoms with Crippen molar-refractivity contribution >= 4 is 51.9 Å². The number of carbonyl (C=O) groups is 1. The van der Waals surface area contributed by atoms with Crippen molar-refractivity contribution in [1.29, 1.82) is 0 Å². The Hall–Kier alpha value is -3.39. The van der Waals surface area contributed by atoms with Crippen LogP contribution in [0.1, 0.15) is 30.9 Å². The van der Waals surface area contributed by atoms with E-state index in [4.69, 9.17) is 33.7 Å². The first-order valence-electron chi connectivity index (χ1n) is 12.4. The molecule has 8 heteroatoms. The highest BCUT2D eigenvalue weighted by Crippen LogP contribution is 2.35. The molecule has 0 radical (unpaired) electrons. The highest BCUT2D eigenvalue weighted by molar-refractivity contribution is 8.26. The molecule has 0 saturated carbocycles. The molecule has 0 atom stereocenters. The van der Waals surface area contributed by atoms with Gasteiger partial charge in [0.1, 0.15) is 16.7 Å². The van der Waals surface area contributed by atoms with E-state index >= 15 is 0 Å². The molecule has 1 aliphatic heterocycles. The Morgan fingerprint density at radius 3 is 2.47 bits per heavy atom. The lowest BCUT2D eigenvalue weighted by atomic mass is 10.1. The number of rotatable bonds is 9. The monoisotopic (exact) mass is 559 g/mol. The van der Waals surface area contributed by atoms with E-state index in [-0.39, 0.29) is 5.91 Å². The molecule has 5 rings (SSSR count). The van der Waals surface area contributed by atoms with Crippen LogP contribution >= 0.6 is 35.6 Å². The van der Waals surface area contributed by atoms with Crippen LogP contribution in [-0.2, 0) is 11.4 Å². The van der Waals surface area contributed by atoms with Gasteiger partial charge in [0.05, 0.1) is 16.3 Å². The molecular weight excluding hydrogens is 534 g/mol. The fourth-order valence-electron chi connectivity index (χ4n) is 4.04. The lowest BCUT2D eigenvalue weighted by Gasteiger charge is -2.12. The summed E-state index contributed by atoms with van der Waals surface area (Å²) in [6.07, 6.45) is 5.78. The highest BCUT2D eigenvalue weighted by atomic mass is 35.5. The maximum absolute atomic E-state index is 13.1. The minimum Gasteiger partial charge on any atom is -0.489 e. The van der Waals surface area contributed by atoms with Crippen molar-refractivity contribution in [3.63, 3.8) is 0 Å². The Morgan fingerprint density at radius 1 is 1.03 bits per heavy atom. The lowest BCUT2D eigenvalue weighted by Crippen LogP contribution is -2.28. The number of thiocarbonyl (C=S) groups is 1. The highest BCUT2D eigenvalue weighted by Gasteiger charge is 2.31. The summed E-state index contributed by atoms with van der Waals surface area (Å²) in [5, 5.41) is 5.59. The summed E-state index contributed by atoms with van der Waals surface area (Å²) in [5.41, 5.74) is 4.52. The number of benzene rings is 3. The van der Waals surface area contributed by atoms with Crippen molar-refractivity contribution < 1.29 is 9.53 Å². The van der Waals surface area contributed by atoms with Crippen LogP contribution in [-0.4, -0.2) is 31.5 Å². The summed E-state index contributed by atoms with van der Waals surface area (Å²) >= 11 is 12.8. The summed E-state index contributed by atoms with van der Waals surface area (Å²) in [4.78, 5) is 15.4. The maximum atomic E-state index is 13.1. The molecule has 38 heavy (non-hydrogen) atoms. The molecule has 2 heterocycles. The van der Waals surface area contributed by atoms with E-state index in [1.807, 2.05) is 95.8 Å². The first kappa shape index (κ1) is 26.2. The molecule has 5 nitrogen and oxygen atoms in total. The number of amides is 1. The molecule has 1 amide bonds. The summed E-state index contributed by atoms with van der Waals surface area (Å²) in [7, 11) is 0. The van der Waals surface area contributed by atoms with Crippen LogP contribution in [0.2, 0.25) is 5.02 Å². The number of ether oxygens (including phenoxy) is 1. The molecule has 1 fully saturated rings. The third kappa shape index (κ3) is 6.01. The van der Waals surface area contributed by atoms with Gasteiger partial charge in [-0.3, -0.25) is 9.69 Å². The molecule has 1 aromatic heterocycles. The van der Waals surface area contributed by atoms with Gasteiger partial charge in [0.25, 0.3) is 5.91 Å². The van der Waals surface area contributed by atoms with Crippen molar-refractivity contribution in [3.8, 4) is 22.7 Å². The smallest absolute Gasteiger partial charge is 0.266 e. The van der Waals surface area contributed by atoms with Gasteiger partial charge in [-0.1, -0.05) is 79.3 Å². The molecule has 0 unspecified atom stereocenters. The zero-order chi connectivity index (χ0) is 26.5. The van der Waals surface area contributed by atoms with Crippen molar-refractivity contribution in [2.75, 3.05) is 6.54 Å². The molecule has 4 aromatic rings.